The first-order chi connectivity index (χ1) is 18.6. The van der Waals surface area contributed by atoms with E-state index in [1.165, 1.54) is 6.21 Å². The molecular weight excluding hydrogens is 546 g/mol. The van der Waals surface area contributed by atoms with Crippen LogP contribution in [-0.4, -0.2) is 30.8 Å². The number of nitrogens with one attached hydrogen (secondary N) is 1. The summed E-state index contributed by atoms with van der Waals surface area (Å²) in [5.41, 5.74) is 4.97. The van der Waals surface area contributed by atoms with Crippen molar-refractivity contribution in [2.24, 2.45) is 5.10 Å². The van der Waals surface area contributed by atoms with Crippen molar-refractivity contribution in [2.75, 3.05) is 13.7 Å². The smallest absolute Gasteiger partial charge is 0.277 e. The number of pyridine rings is 1. The molecule has 0 aliphatic carbocycles. The van der Waals surface area contributed by atoms with E-state index in [0.717, 1.165) is 26.2 Å². The van der Waals surface area contributed by atoms with Crippen LogP contribution in [0.3, 0.4) is 0 Å². The molecule has 8 heteroatoms. The summed E-state index contributed by atoms with van der Waals surface area (Å²) in [6.45, 7) is 0.193. The van der Waals surface area contributed by atoms with Crippen molar-refractivity contribution < 1.29 is 19.0 Å². The highest BCUT2D eigenvalue weighted by Gasteiger charge is 2.11. The molecule has 0 saturated carbocycles. The third-order valence-electron chi connectivity index (χ3n) is 5.89. The molecule has 0 aliphatic heterocycles. The van der Waals surface area contributed by atoms with Gasteiger partial charge in [-0.1, -0.05) is 60.7 Å². The predicted molar refractivity (Wildman–Crippen MR) is 152 cm³/mol. The molecule has 0 bridgehead atoms. The molecule has 5 rings (SSSR count). The Morgan fingerprint density at radius 3 is 2.61 bits per heavy atom. The van der Waals surface area contributed by atoms with Crippen LogP contribution in [0.2, 0.25) is 0 Å². The SMILES string of the molecule is COc1cc(/C=N/NC(=O)COc2cccc3cccnc23)c(Br)cc1OCc1cccc2ccccc12. The fourth-order valence-corrected chi connectivity index (χ4v) is 4.46. The second kappa shape index (κ2) is 11.7. The predicted octanol–water partition coefficient (Wildman–Crippen LogP) is 6.27. The van der Waals surface area contributed by atoms with Gasteiger partial charge in [-0.2, -0.15) is 5.10 Å². The lowest BCUT2D eigenvalue weighted by Gasteiger charge is -2.14. The minimum absolute atomic E-state index is 0.196. The molecule has 0 atom stereocenters. The molecule has 38 heavy (non-hydrogen) atoms. The van der Waals surface area contributed by atoms with Gasteiger partial charge in [-0.3, -0.25) is 9.78 Å². The molecule has 0 unspecified atom stereocenters. The monoisotopic (exact) mass is 569 g/mol. The van der Waals surface area contributed by atoms with Gasteiger partial charge in [0.2, 0.25) is 0 Å². The van der Waals surface area contributed by atoms with Crippen LogP contribution in [0.5, 0.6) is 17.2 Å². The number of hydrazone groups is 1. The summed E-state index contributed by atoms with van der Waals surface area (Å²) in [5.74, 6) is 1.28. The summed E-state index contributed by atoms with van der Waals surface area (Å²) in [6.07, 6.45) is 3.21. The topological polar surface area (TPSA) is 82.0 Å². The Labute approximate surface area is 228 Å². The quantitative estimate of drug-likeness (QED) is 0.167. The van der Waals surface area contributed by atoms with Crippen LogP contribution in [0.25, 0.3) is 21.7 Å². The fourth-order valence-electron chi connectivity index (χ4n) is 4.04. The van der Waals surface area contributed by atoms with Gasteiger partial charge in [0.05, 0.1) is 13.3 Å². The zero-order valence-corrected chi connectivity index (χ0v) is 22.1. The summed E-state index contributed by atoms with van der Waals surface area (Å²) in [5, 5.41) is 7.31. The summed E-state index contributed by atoms with van der Waals surface area (Å²) >= 11 is 3.56. The largest absolute Gasteiger partial charge is 0.493 e. The minimum atomic E-state index is -0.396. The van der Waals surface area contributed by atoms with Crippen LogP contribution in [-0.2, 0) is 11.4 Å². The Morgan fingerprint density at radius 1 is 0.921 bits per heavy atom. The Bertz CT molecular complexity index is 1630. The maximum Gasteiger partial charge on any atom is 0.277 e. The number of nitrogens with zero attached hydrogens (tertiary/aromatic N) is 2. The second-order valence-electron chi connectivity index (χ2n) is 8.36. The van der Waals surface area contributed by atoms with E-state index in [1.54, 1.807) is 25.4 Å². The number of carbonyl (C=O) groups is 1. The number of halogens is 1. The number of benzene rings is 4. The van der Waals surface area contributed by atoms with Crippen molar-refractivity contribution in [1.29, 1.82) is 0 Å². The van der Waals surface area contributed by atoms with Crippen molar-refractivity contribution in [3.63, 3.8) is 0 Å². The Morgan fingerprint density at radius 2 is 1.71 bits per heavy atom. The van der Waals surface area contributed by atoms with Crippen molar-refractivity contribution >= 4 is 49.7 Å². The van der Waals surface area contributed by atoms with Gasteiger partial charge in [0.1, 0.15) is 17.9 Å². The number of fused-ring (bicyclic) bond motifs is 2. The van der Waals surface area contributed by atoms with Crippen molar-refractivity contribution in [1.82, 2.24) is 10.4 Å². The van der Waals surface area contributed by atoms with Gasteiger partial charge in [-0.25, -0.2) is 5.43 Å². The number of hydrogen-bond donors (Lipinski definition) is 1. The first-order valence-corrected chi connectivity index (χ1v) is 12.7. The number of rotatable bonds is 9. The molecule has 1 aromatic heterocycles. The number of amides is 1. The summed E-state index contributed by atoms with van der Waals surface area (Å²) in [4.78, 5) is 16.6. The van der Waals surface area contributed by atoms with E-state index in [2.05, 4.69) is 49.6 Å². The Kier molecular flexibility index (Phi) is 7.80. The average Bonchev–Trinajstić information content (AvgIpc) is 2.95. The second-order valence-corrected chi connectivity index (χ2v) is 9.22. The van der Waals surface area contributed by atoms with Gasteiger partial charge in [0.25, 0.3) is 5.91 Å². The lowest BCUT2D eigenvalue weighted by Crippen LogP contribution is -2.24. The number of aromatic nitrogens is 1. The number of methoxy groups -OCH3 is 1. The first-order valence-electron chi connectivity index (χ1n) is 11.9. The van der Waals surface area contributed by atoms with E-state index in [0.29, 0.717) is 34.9 Å². The maximum absolute atomic E-state index is 12.3. The van der Waals surface area contributed by atoms with Gasteiger partial charge < -0.3 is 14.2 Å². The molecule has 4 aromatic carbocycles. The standard InChI is InChI=1S/C30H24BrN3O4/c1-36-27-15-23(17-33-34-29(35)19-38-26-13-5-9-21-11-6-14-32-30(21)26)25(31)16-28(27)37-18-22-10-4-8-20-7-2-3-12-24(20)22/h2-17H,18-19H2,1H3,(H,34,35)/b33-17+. The summed E-state index contributed by atoms with van der Waals surface area (Å²) in [6, 6.07) is 27.3. The lowest BCUT2D eigenvalue weighted by atomic mass is 10.1. The van der Waals surface area contributed by atoms with E-state index in [4.69, 9.17) is 14.2 Å². The molecule has 0 aliphatic rings. The molecule has 1 N–H and O–H groups in total. The van der Waals surface area contributed by atoms with E-state index < -0.39 is 5.91 Å². The summed E-state index contributed by atoms with van der Waals surface area (Å²) in [7, 11) is 1.58. The number of hydrogen-bond acceptors (Lipinski definition) is 6. The highest BCUT2D eigenvalue weighted by Crippen LogP contribution is 2.34. The van der Waals surface area contributed by atoms with Gasteiger partial charge in [-0.15, -0.1) is 0 Å². The van der Waals surface area contributed by atoms with Gasteiger partial charge in [-0.05, 0) is 56.5 Å². The van der Waals surface area contributed by atoms with Crippen LogP contribution in [0, 0.1) is 0 Å². The van der Waals surface area contributed by atoms with Crippen LogP contribution in [0.1, 0.15) is 11.1 Å². The van der Waals surface area contributed by atoms with E-state index in [9.17, 15) is 4.79 Å². The van der Waals surface area contributed by atoms with Crippen LogP contribution < -0.4 is 19.6 Å². The highest BCUT2D eigenvalue weighted by atomic mass is 79.9. The lowest BCUT2D eigenvalue weighted by molar-refractivity contribution is -0.123. The van der Waals surface area contributed by atoms with Crippen molar-refractivity contribution in [2.45, 2.75) is 6.61 Å². The van der Waals surface area contributed by atoms with Crippen LogP contribution in [0.4, 0.5) is 0 Å². The average molecular weight is 570 g/mol. The molecule has 190 valence electrons. The zero-order valence-electron chi connectivity index (χ0n) is 20.6. The third kappa shape index (κ3) is 5.76. The van der Waals surface area contributed by atoms with Crippen molar-refractivity contribution in [3.05, 3.63) is 107 Å². The molecule has 0 radical (unpaired) electrons. The molecule has 1 amide bonds. The molecule has 0 saturated heterocycles. The van der Waals surface area contributed by atoms with Gasteiger partial charge >= 0.3 is 0 Å². The minimum Gasteiger partial charge on any atom is -0.493 e. The van der Waals surface area contributed by atoms with E-state index >= 15 is 0 Å². The normalized spacial score (nSPS) is 11.1. The molecule has 0 spiro atoms. The Balaban J connectivity index is 1.21. The van der Waals surface area contributed by atoms with Crippen LogP contribution in [0.15, 0.2) is 101 Å². The molecule has 0 fully saturated rings. The summed E-state index contributed by atoms with van der Waals surface area (Å²) < 4.78 is 18.1. The number of carbonyl (C=O) groups excluding carboxylic acids is 1. The third-order valence-corrected chi connectivity index (χ3v) is 6.58. The zero-order chi connectivity index (χ0) is 26.3. The van der Waals surface area contributed by atoms with E-state index in [-0.39, 0.29) is 6.61 Å². The Hall–Kier alpha value is -4.43. The first kappa shape index (κ1) is 25.2. The number of ether oxygens (including phenoxy) is 3. The molecule has 1 heterocycles. The molecule has 7 nitrogen and oxygen atoms in total. The fraction of sp³-hybridized carbons (Fsp3) is 0.100. The van der Waals surface area contributed by atoms with Crippen molar-refractivity contribution in [3.8, 4) is 17.2 Å². The van der Waals surface area contributed by atoms with Crippen LogP contribution >= 0.6 is 15.9 Å². The highest BCUT2D eigenvalue weighted by molar-refractivity contribution is 9.10. The molecule has 5 aromatic rings. The van der Waals surface area contributed by atoms with E-state index in [1.807, 2.05) is 54.6 Å². The molecular formula is C30H24BrN3O4. The van der Waals surface area contributed by atoms with Gasteiger partial charge in [0.15, 0.2) is 18.1 Å². The maximum atomic E-state index is 12.3. The van der Waals surface area contributed by atoms with Gasteiger partial charge in [0, 0.05) is 21.6 Å². The number of para-hydroxylation sites is 1.